The van der Waals surface area contributed by atoms with Crippen LogP contribution in [0, 0.1) is 55.4 Å². The number of hydrogen-bond donors (Lipinski definition) is 0. The van der Waals surface area contributed by atoms with E-state index in [1.54, 1.807) is 25.1 Å². The maximum Gasteiger partial charge on any atom is 0.103 e. The highest BCUT2D eigenvalue weighted by molar-refractivity contribution is 5.15. The predicted octanol–water partition coefficient (Wildman–Crippen LogP) is 7.59. The van der Waals surface area contributed by atoms with E-state index in [4.69, 9.17) is 17.7 Å². The van der Waals surface area contributed by atoms with Gasteiger partial charge in [0.05, 0.1) is 25.1 Å². The maximum absolute atomic E-state index is 5.08. The molecule has 0 saturated heterocycles. The van der Waals surface area contributed by atoms with Crippen molar-refractivity contribution < 1.29 is 17.7 Å². The molecule has 0 aliphatic carbocycles. The summed E-state index contributed by atoms with van der Waals surface area (Å²) in [5.74, 6) is 3.97. The van der Waals surface area contributed by atoms with E-state index in [-0.39, 0.29) is 0 Å². The molecular weight excluding hydrogens is 352 g/mol. The fourth-order valence-corrected chi connectivity index (χ4v) is 2.00. The Morgan fingerprint density at radius 3 is 1.29 bits per heavy atom. The van der Waals surface area contributed by atoms with Gasteiger partial charge in [-0.15, -0.1) is 0 Å². The largest absolute Gasteiger partial charge is 0.472 e. The van der Waals surface area contributed by atoms with Gasteiger partial charge in [-0.2, -0.15) is 0 Å². The van der Waals surface area contributed by atoms with Gasteiger partial charge < -0.3 is 17.7 Å². The van der Waals surface area contributed by atoms with Gasteiger partial charge in [0.25, 0.3) is 0 Å². The van der Waals surface area contributed by atoms with E-state index in [0.29, 0.717) is 0 Å². The lowest BCUT2D eigenvalue weighted by Crippen LogP contribution is -1.63. The van der Waals surface area contributed by atoms with E-state index in [9.17, 15) is 0 Å². The Morgan fingerprint density at radius 2 is 1.14 bits per heavy atom. The second-order valence-corrected chi connectivity index (χ2v) is 6.79. The Balaban J connectivity index is 0.000000187. The predicted molar refractivity (Wildman–Crippen MR) is 113 cm³/mol. The summed E-state index contributed by atoms with van der Waals surface area (Å²) < 4.78 is 19.9. The van der Waals surface area contributed by atoms with Crippen LogP contribution in [0.2, 0.25) is 0 Å². The van der Waals surface area contributed by atoms with Crippen LogP contribution in [0.3, 0.4) is 0 Å². The second kappa shape index (κ2) is 11.8. The van der Waals surface area contributed by atoms with E-state index in [1.807, 2.05) is 79.7 Å². The number of rotatable bonds is 0. The highest BCUT2D eigenvalue weighted by Gasteiger charge is 1.89. The molecule has 0 aromatic carbocycles. The summed E-state index contributed by atoms with van der Waals surface area (Å²) in [7, 11) is 0. The zero-order valence-electron chi connectivity index (χ0n) is 18.3. The van der Waals surface area contributed by atoms with Gasteiger partial charge >= 0.3 is 0 Å². The van der Waals surface area contributed by atoms with Crippen LogP contribution in [0.1, 0.15) is 45.3 Å². The Hall–Kier alpha value is -2.88. The van der Waals surface area contributed by atoms with E-state index in [2.05, 4.69) is 0 Å². The average molecular weight is 385 g/mol. The molecule has 0 saturated carbocycles. The molecule has 0 atom stereocenters. The number of furan rings is 4. The minimum atomic E-state index is 0.984. The Morgan fingerprint density at radius 1 is 0.571 bits per heavy atom. The Kier molecular flexibility index (Phi) is 9.72. The summed E-state index contributed by atoms with van der Waals surface area (Å²) >= 11 is 0. The van der Waals surface area contributed by atoms with Gasteiger partial charge in [-0.05, 0) is 102 Å². The summed E-state index contributed by atoms with van der Waals surface area (Å²) in [6, 6.07) is 7.86. The molecule has 4 nitrogen and oxygen atoms in total. The fraction of sp³-hybridized carbons (Fsp3) is 0.333. The molecule has 0 amide bonds. The van der Waals surface area contributed by atoms with Crippen LogP contribution in [-0.2, 0) is 0 Å². The van der Waals surface area contributed by atoms with Crippen molar-refractivity contribution >= 4 is 0 Å². The zero-order chi connectivity index (χ0) is 21.1. The smallest absolute Gasteiger partial charge is 0.103 e. The van der Waals surface area contributed by atoms with Gasteiger partial charge in [-0.3, -0.25) is 0 Å². The highest BCUT2D eigenvalue weighted by atomic mass is 16.3. The molecule has 0 radical (unpaired) electrons. The molecule has 4 heterocycles. The molecule has 0 aliphatic rings. The summed E-state index contributed by atoms with van der Waals surface area (Å²) in [5.41, 5.74) is 4.86. The van der Waals surface area contributed by atoms with Crippen LogP contribution in [-0.4, -0.2) is 0 Å². The van der Waals surface area contributed by atoms with Gasteiger partial charge in [-0.25, -0.2) is 0 Å². The second-order valence-electron chi connectivity index (χ2n) is 6.79. The lowest BCUT2D eigenvalue weighted by atomic mass is 10.2. The SMILES string of the molecule is Cc1ccc(C)o1.Cc1ccoc1C.Cc1coc(C)c1.Cc1cocc1C. The minimum absolute atomic E-state index is 0.984. The summed E-state index contributed by atoms with van der Waals surface area (Å²) in [6.07, 6.45) is 6.94. The topological polar surface area (TPSA) is 52.6 Å². The molecule has 0 aliphatic heterocycles. The van der Waals surface area contributed by atoms with Crippen LogP contribution in [0.5, 0.6) is 0 Å². The lowest BCUT2D eigenvalue weighted by molar-refractivity contribution is 0.504. The molecule has 0 unspecified atom stereocenters. The molecule has 0 fully saturated rings. The molecule has 4 rings (SSSR count). The quantitative estimate of drug-likeness (QED) is 0.313. The van der Waals surface area contributed by atoms with Gasteiger partial charge in [0.1, 0.15) is 23.0 Å². The van der Waals surface area contributed by atoms with Gasteiger partial charge in [0, 0.05) is 0 Å². The first-order valence-electron chi connectivity index (χ1n) is 9.24. The van der Waals surface area contributed by atoms with Crippen LogP contribution in [0.25, 0.3) is 0 Å². The van der Waals surface area contributed by atoms with Crippen LogP contribution in [0.4, 0.5) is 0 Å². The van der Waals surface area contributed by atoms with Crippen molar-refractivity contribution in [1.29, 1.82) is 0 Å². The molecule has 4 aromatic rings. The number of aryl methyl sites for hydroxylation is 8. The van der Waals surface area contributed by atoms with Gasteiger partial charge in [0.2, 0.25) is 0 Å². The third-order valence-electron chi connectivity index (χ3n) is 3.97. The van der Waals surface area contributed by atoms with Crippen LogP contribution in [0.15, 0.2) is 67.0 Å². The van der Waals surface area contributed by atoms with E-state index in [0.717, 1.165) is 23.0 Å². The summed E-state index contributed by atoms with van der Waals surface area (Å²) in [5, 5.41) is 0. The fourth-order valence-electron chi connectivity index (χ4n) is 2.00. The summed E-state index contributed by atoms with van der Waals surface area (Å²) in [4.78, 5) is 0. The van der Waals surface area contributed by atoms with Gasteiger partial charge in [-0.1, -0.05) is 0 Å². The van der Waals surface area contributed by atoms with Crippen molar-refractivity contribution in [2.45, 2.75) is 55.4 Å². The normalized spacial score (nSPS) is 9.43. The van der Waals surface area contributed by atoms with Crippen molar-refractivity contribution in [3.05, 3.63) is 94.6 Å². The molecule has 0 spiro atoms. The lowest BCUT2D eigenvalue weighted by Gasteiger charge is -1.79. The molecule has 152 valence electrons. The highest BCUT2D eigenvalue weighted by Crippen LogP contribution is 2.05. The van der Waals surface area contributed by atoms with Gasteiger partial charge in [0.15, 0.2) is 0 Å². The standard InChI is InChI=1S/4C6H8O/c1-5-3-7-4-6(5)2;1-5-3-6(2)7-4-5;1-5-3-4-7-6(5)2;1-5-3-4-6(2)7-5/h4*3-4H,1-2H3. The monoisotopic (exact) mass is 384 g/mol. The van der Waals surface area contributed by atoms with E-state index < -0.39 is 0 Å². The van der Waals surface area contributed by atoms with Crippen molar-refractivity contribution in [2.24, 2.45) is 0 Å². The Labute approximate surface area is 168 Å². The number of hydrogen-bond acceptors (Lipinski definition) is 4. The maximum atomic E-state index is 5.08. The first-order chi connectivity index (χ1) is 13.2. The Bertz CT molecular complexity index is 775. The molecule has 4 aromatic heterocycles. The third kappa shape index (κ3) is 9.17. The average Bonchev–Trinajstić information content (AvgIpc) is 3.39. The van der Waals surface area contributed by atoms with Crippen LogP contribution < -0.4 is 0 Å². The molecule has 28 heavy (non-hydrogen) atoms. The van der Waals surface area contributed by atoms with Crippen molar-refractivity contribution in [2.75, 3.05) is 0 Å². The zero-order valence-corrected chi connectivity index (χ0v) is 18.3. The van der Waals surface area contributed by atoms with E-state index >= 15 is 0 Å². The molecule has 0 bridgehead atoms. The summed E-state index contributed by atoms with van der Waals surface area (Å²) in [6.45, 7) is 15.9. The molecule has 0 N–H and O–H groups in total. The minimum Gasteiger partial charge on any atom is -0.472 e. The molecule has 4 heteroatoms. The third-order valence-corrected chi connectivity index (χ3v) is 3.97. The van der Waals surface area contributed by atoms with Crippen molar-refractivity contribution in [3.63, 3.8) is 0 Å². The van der Waals surface area contributed by atoms with Crippen molar-refractivity contribution in [1.82, 2.24) is 0 Å². The first-order valence-corrected chi connectivity index (χ1v) is 9.24. The van der Waals surface area contributed by atoms with Crippen LogP contribution >= 0.6 is 0 Å². The first kappa shape index (κ1) is 23.2. The van der Waals surface area contributed by atoms with Crippen molar-refractivity contribution in [3.8, 4) is 0 Å². The van der Waals surface area contributed by atoms with E-state index in [1.165, 1.54) is 22.3 Å². The molecular formula is C24H32O4.